The molecule has 0 atom stereocenters. The minimum atomic E-state index is -1.02. The van der Waals surface area contributed by atoms with Crippen LogP contribution < -0.4 is 0 Å². The fraction of sp³-hybridized carbons (Fsp3) is 0.167. The van der Waals surface area contributed by atoms with Gasteiger partial charge in [-0.25, -0.2) is 9.78 Å². The summed E-state index contributed by atoms with van der Waals surface area (Å²) in [6, 6.07) is 7.42. The van der Waals surface area contributed by atoms with Crippen LogP contribution in [0.3, 0.4) is 0 Å². The molecule has 0 aliphatic carbocycles. The van der Waals surface area contributed by atoms with Gasteiger partial charge < -0.3 is 10.1 Å². The highest BCUT2D eigenvalue weighted by molar-refractivity contribution is 6.31. The Kier molecular flexibility index (Phi) is 3.15. The zero-order valence-electron chi connectivity index (χ0n) is 9.20. The van der Waals surface area contributed by atoms with Crippen molar-refractivity contribution in [2.24, 2.45) is 0 Å². The molecule has 0 spiro atoms. The number of nitrogens with zero attached hydrogens (tertiary/aromatic N) is 1. The van der Waals surface area contributed by atoms with E-state index in [0.29, 0.717) is 23.0 Å². The number of hydrogen-bond donors (Lipinski definition) is 2. The molecule has 2 rings (SSSR count). The van der Waals surface area contributed by atoms with Crippen LogP contribution in [0.15, 0.2) is 24.3 Å². The van der Waals surface area contributed by atoms with E-state index in [-0.39, 0.29) is 5.69 Å². The Balaban J connectivity index is 2.28. The molecule has 2 aromatic rings. The van der Waals surface area contributed by atoms with Crippen molar-refractivity contribution >= 4 is 17.6 Å². The molecular formula is C12H11ClN2O2. The zero-order valence-corrected chi connectivity index (χ0v) is 9.95. The van der Waals surface area contributed by atoms with E-state index >= 15 is 0 Å². The highest BCUT2D eigenvalue weighted by Crippen LogP contribution is 2.18. The maximum atomic E-state index is 10.8. The third kappa shape index (κ3) is 2.47. The lowest BCUT2D eigenvalue weighted by atomic mass is 10.1. The van der Waals surface area contributed by atoms with Crippen LogP contribution in [0.4, 0.5) is 0 Å². The third-order valence-corrected chi connectivity index (χ3v) is 2.82. The van der Waals surface area contributed by atoms with Gasteiger partial charge in [0.1, 0.15) is 5.82 Å². The second-order valence-electron chi connectivity index (χ2n) is 3.73. The Morgan fingerprint density at radius 2 is 2.18 bits per heavy atom. The zero-order chi connectivity index (χ0) is 12.4. The minimum absolute atomic E-state index is 0.0621. The normalized spacial score (nSPS) is 10.5. The van der Waals surface area contributed by atoms with Gasteiger partial charge in [0.2, 0.25) is 0 Å². The van der Waals surface area contributed by atoms with E-state index in [0.717, 1.165) is 5.56 Å². The maximum absolute atomic E-state index is 10.8. The number of aryl methyl sites for hydroxylation is 1. The van der Waals surface area contributed by atoms with Gasteiger partial charge in [-0.15, -0.1) is 0 Å². The second-order valence-corrected chi connectivity index (χ2v) is 4.14. The van der Waals surface area contributed by atoms with Crippen LogP contribution in [0.5, 0.6) is 0 Å². The van der Waals surface area contributed by atoms with Crippen LogP contribution in [0.2, 0.25) is 5.02 Å². The van der Waals surface area contributed by atoms with Gasteiger partial charge in [-0.05, 0) is 18.6 Å². The van der Waals surface area contributed by atoms with E-state index in [2.05, 4.69) is 9.97 Å². The summed E-state index contributed by atoms with van der Waals surface area (Å²) in [4.78, 5) is 17.8. The molecular weight excluding hydrogens is 240 g/mol. The van der Waals surface area contributed by atoms with Gasteiger partial charge >= 0.3 is 5.97 Å². The van der Waals surface area contributed by atoms with Crippen molar-refractivity contribution in [3.8, 4) is 0 Å². The number of carbonyl (C=O) groups is 1. The topological polar surface area (TPSA) is 66.0 Å². The number of imidazole rings is 1. The first-order chi connectivity index (χ1) is 8.08. The van der Waals surface area contributed by atoms with Crippen LogP contribution in [-0.4, -0.2) is 21.0 Å². The largest absolute Gasteiger partial charge is 0.476 e. The van der Waals surface area contributed by atoms with Crippen molar-refractivity contribution in [3.63, 3.8) is 0 Å². The summed E-state index contributed by atoms with van der Waals surface area (Å²) in [5.41, 5.74) is 1.53. The van der Waals surface area contributed by atoms with Crippen molar-refractivity contribution in [1.82, 2.24) is 9.97 Å². The number of aromatic nitrogens is 2. The first-order valence-electron chi connectivity index (χ1n) is 5.10. The SMILES string of the molecule is Cc1[nH]c(Cc2ccccc2Cl)nc1C(=O)O. The molecule has 1 aromatic carbocycles. The van der Waals surface area contributed by atoms with Gasteiger partial charge in [-0.3, -0.25) is 0 Å². The maximum Gasteiger partial charge on any atom is 0.356 e. The fourth-order valence-corrected chi connectivity index (χ4v) is 1.84. The molecule has 0 saturated heterocycles. The predicted octanol–water partition coefficient (Wildman–Crippen LogP) is 2.66. The van der Waals surface area contributed by atoms with Crippen molar-refractivity contribution in [2.75, 3.05) is 0 Å². The smallest absolute Gasteiger partial charge is 0.356 e. The van der Waals surface area contributed by atoms with Crippen LogP contribution in [0.25, 0.3) is 0 Å². The highest BCUT2D eigenvalue weighted by atomic mass is 35.5. The van der Waals surface area contributed by atoms with E-state index < -0.39 is 5.97 Å². The Hall–Kier alpha value is -1.81. The lowest BCUT2D eigenvalue weighted by Crippen LogP contribution is -1.99. The molecule has 17 heavy (non-hydrogen) atoms. The van der Waals surface area contributed by atoms with Crippen molar-refractivity contribution in [3.05, 3.63) is 52.1 Å². The van der Waals surface area contributed by atoms with Gasteiger partial charge in [0.05, 0.1) is 0 Å². The van der Waals surface area contributed by atoms with Gasteiger partial charge in [0, 0.05) is 17.1 Å². The monoisotopic (exact) mass is 250 g/mol. The number of H-pyrrole nitrogens is 1. The van der Waals surface area contributed by atoms with Crippen LogP contribution in [-0.2, 0) is 6.42 Å². The minimum Gasteiger partial charge on any atom is -0.476 e. The van der Waals surface area contributed by atoms with Gasteiger partial charge in [-0.1, -0.05) is 29.8 Å². The number of carboxylic acids is 1. The summed E-state index contributed by atoms with van der Waals surface area (Å²) in [6.45, 7) is 1.69. The molecule has 0 amide bonds. The van der Waals surface area contributed by atoms with E-state index in [1.54, 1.807) is 13.0 Å². The number of aromatic amines is 1. The number of carboxylic acid groups (broad SMARTS) is 1. The molecule has 0 unspecified atom stereocenters. The molecule has 88 valence electrons. The van der Waals surface area contributed by atoms with E-state index in [4.69, 9.17) is 16.7 Å². The average Bonchev–Trinajstić information content (AvgIpc) is 2.63. The second kappa shape index (κ2) is 4.59. The molecule has 4 nitrogen and oxygen atoms in total. The molecule has 0 saturated carbocycles. The summed E-state index contributed by atoms with van der Waals surface area (Å²) in [5, 5.41) is 9.54. The molecule has 0 bridgehead atoms. The molecule has 1 aromatic heterocycles. The van der Waals surface area contributed by atoms with Gasteiger partial charge in [0.15, 0.2) is 5.69 Å². The van der Waals surface area contributed by atoms with Gasteiger partial charge in [-0.2, -0.15) is 0 Å². The molecule has 5 heteroatoms. The van der Waals surface area contributed by atoms with Crippen LogP contribution >= 0.6 is 11.6 Å². The van der Waals surface area contributed by atoms with Crippen molar-refractivity contribution < 1.29 is 9.90 Å². The fourth-order valence-electron chi connectivity index (χ4n) is 1.64. The summed E-state index contributed by atoms with van der Waals surface area (Å²) < 4.78 is 0. The number of hydrogen-bond acceptors (Lipinski definition) is 2. The summed E-state index contributed by atoms with van der Waals surface area (Å²) in [6.07, 6.45) is 0.494. The molecule has 0 aliphatic heterocycles. The first kappa shape index (κ1) is 11.7. The highest BCUT2D eigenvalue weighted by Gasteiger charge is 2.13. The van der Waals surface area contributed by atoms with Crippen LogP contribution in [0.1, 0.15) is 27.6 Å². The van der Waals surface area contributed by atoms with Crippen molar-refractivity contribution in [1.29, 1.82) is 0 Å². The Morgan fingerprint density at radius 3 is 2.76 bits per heavy atom. The van der Waals surface area contributed by atoms with E-state index in [1.807, 2.05) is 18.2 Å². The van der Waals surface area contributed by atoms with E-state index in [1.165, 1.54) is 0 Å². The molecule has 1 heterocycles. The predicted molar refractivity (Wildman–Crippen MR) is 64.5 cm³/mol. The lowest BCUT2D eigenvalue weighted by molar-refractivity contribution is 0.0690. The first-order valence-corrected chi connectivity index (χ1v) is 5.48. The Labute approximate surface area is 103 Å². The standard InChI is InChI=1S/C12H11ClN2O2/c1-7-11(12(16)17)15-10(14-7)6-8-4-2-3-5-9(8)13/h2-5H,6H2,1H3,(H,14,15)(H,16,17). The molecule has 0 radical (unpaired) electrons. The Morgan fingerprint density at radius 1 is 1.47 bits per heavy atom. The number of nitrogens with one attached hydrogen (secondary N) is 1. The molecule has 2 N–H and O–H groups in total. The molecule has 0 fully saturated rings. The van der Waals surface area contributed by atoms with E-state index in [9.17, 15) is 4.79 Å². The summed E-state index contributed by atoms with van der Waals surface area (Å²) in [5.74, 6) is -0.419. The third-order valence-electron chi connectivity index (χ3n) is 2.45. The average molecular weight is 251 g/mol. The number of rotatable bonds is 3. The summed E-state index contributed by atoms with van der Waals surface area (Å²) >= 11 is 6.03. The lowest BCUT2D eigenvalue weighted by Gasteiger charge is -2.00. The molecule has 0 aliphatic rings. The summed E-state index contributed by atoms with van der Waals surface area (Å²) in [7, 11) is 0. The number of benzene rings is 1. The number of halogens is 1. The van der Waals surface area contributed by atoms with Crippen molar-refractivity contribution in [2.45, 2.75) is 13.3 Å². The number of aromatic carboxylic acids is 1. The van der Waals surface area contributed by atoms with Crippen LogP contribution in [0, 0.1) is 6.92 Å². The van der Waals surface area contributed by atoms with Gasteiger partial charge in [0.25, 0.3) is 0 Å². The Bertz CT molecular complexity index is 563. The quantitative estimate of drug-likeness (QED) is 0.880.